The Balaban J connectivity index is 2.00. The van der Waals surface area contributed by atoms with Gasteiger partial charge in [0.2, 0.25) is 0 Å². The van der Waals surface area contributed by atoms with Gasteiger partial charge in [0.25, 0.3) is 6.47 Å². The van der Waals surface area contributed by atoms with Crippen LogP contribution in [0.1, 0.15) is 51.9 Å². The normalized spacial score (nSPS) is 25.8. The SMILES string of the molecule is CCN1CN(COC=O)CC12CCCCCCC2. The van der Waals surface area contributed by atoms with Crippen LogP contribution >= 0.6 is 0 Å². The minimum absolute atomic E-state index is 0.349. The largest absolute Gasteiger partial charge is 0.452 e. The van der Waals surface area contributed by atoms with Crippen molar-refractivity contribution in [3.05, 3.63) is 0 Å². The Morgan fingerprint density at radius 1 is 1.17 bits per heavy atom. The number of carbonyl (C=O) groups excluding carboxylic acids is 1. The van der Waals surface area contributed by atoms with Gasteiger partial charge in [-0.1, -0.05) is 39.0 Å². The van der Waals surface area contributed by atoms with E-state index >= 15 is 0 Å². The van der Waals surface area contributed by atoms with E-state index in [1.54, 1.807) is 0 Å². The molecular formula is C14H26N2O2. The molecule has 0 amide bonds. The summed E-state index contributed by atoms with van der Waals surface area (Å²) in [6.45, 7) is 6.35. The van der Waals surface area contributed by atoms with Gasteiger partial charge in [0, 0.05) is 12.1 Å². The van der Waals surface area contributed by atoms with Gasteiger partial charge in [0.1, 0.15) is 6.73 Å². The Labute approximate surface area is 110 Å². The van der Waals surface area contributed by atoms with Crippen LogP contribution in [0.25, 0.3) is 0 Å². The fourth-order valence-electron chi connectivity index (χ4n) is 3.65. The molecule has 2 rings (SSSR count). The molecule has 2 aliphatic rings. The fraction of sp³-hybridized carbons (Fsp3) is 0.929. The van der Waals surface area contributed by atoms with Gasteiger partial charge in [0.05, 0.1) is 6.67 Å². The average Bonchev–Trinajstić information content (AvgIpc) is 2.70. The molecular weight excluding hydrogens is 228 g/mol. The summed E-state index contributed by atoms with van der Waals surface area (Å²) < 4.78 is 4.92. The van der Waals surface area contributed by atoms with Crippen LogP contribution in [-0.4, -0.2) is 48.3 Å². The van der Waals surface area contributed by atoms with Crippen molar-refractivity contribution in [3.8, 4) is 0 Å². The third kappa shape index (κ3) is 3.04. The zero-order valence-corrected chi connectivity index (χ0v) is 11.6. The van der Waals surface area contributed by atoms with Gasteiger partial charge in [-0.25, -0.2) is 0 Å². The van der Waals surface area contributed by atoms with Gasteiger partial charge in [-0.05, 0) is 19.4 Å². The first-order chi connectivity index (χ1) is 8.80. The van der Waals surface area contributed by atoms with Crippen LogP contribution in [0.3, 0.4) is 0 Å². The van der Waals surface area contributed by atoms with E-state index in [4.69, 9.17) is 4.74 Å². The Morgan fingerprint density at radius 2 is 1.83 bits per heavy atom. The van der Waals surface area contributed by atoms with E-state index in [1.165, 1.54) is 44.9 Å². The van der Waals surface area contributed by atoms with Crippen molar-refractivity contribution < 1.29 is 9.53 Å². The summed E-state index contributed by atoms with van der Waals surface area (Å²) in [7, 11) is 0. The monoisotopic (exact) mass is 254 g/mol. The number of nitrogens with zero attached hydrogens (tertiary/aromatic N) is 2. The molecule has 0 aromatic heterocycles. The molecule has 4 heteroatoms. The Morgan fingerprint density at radius 3 is 2.44 bits per heavy atom. The van der Waals surface area contributed by atoms with Crippen molar-refractivity contribution in [1.82, 2.24) is 9.80 Å². The molecule has 18 heavy (non-hydrogen) atoms. The van der Waals surface area contributed by atoms with Crippen LogP contribution in [0.4, 0.5) is 0 Å². The van der Waals surface area contributed by atoms with Gasteiger partial charge in [0.15, 0.2) is 0 Å². The highest BCUT2D eigenvalue weighted by Gasteiger charge is 2.43. The lowest BCUT2D eigenvalue weighted by Gasteiger charge is -2.38. The van der Waals surface area contributed by atoms with Crippen LogP contribution in [0.15, 0.2) is 0 Å². The second kappa shape index (κ2) is 6.53. The van der Waals surface area contributed by atoms with Crippen LogP contribution in [0, 0.1) is 0 Å². The molecule has 0 radical (unpaired) electrons. The highest BCUT2D eigenvalue weighted by Crippen LogP contribution is 2.36. The maximum Gasteiger partial charge on any atom is 0.294 e. The number of hydrogen-bond donors (Lipinski definition) is 0. The fourth-order valence-corrected chi connectivity index (χ4v) is 3.65. The van der Waals surface area contributed by atoms with E-state index < -0.39 is 0 Å². The van der Waals surface area contributed by atoms with E-state index in [1.807, 2.05) is 0 Å². The molecule has 104 valence electrons. The van der Waals surface area contributed by atoms with E-state index in [-0.39, 0.29) is 0 Å². The van der Waals surface area contributed by atoms with Crippen molar-refractivity contribution in [2.45, 2.75) is 57.4 Å². The van der Waals surface area contributed by atoms with Gasteiger partial charge in [-0.3, -0.25) is 14.6 Å². The van der Waals surface area contributed by atoms with Crippen LogP contribution < -0.4 is 0 Å². The Bertz CT molecular complexity index is 263. The smallest absolute Gasteiger partial charge is 0.294 e. The summed E-state index contributed by atoms with van der Waals surface area (Å²) in [6.07, 6.45) is 9.46. The number of hydrogen-bond acceptors (Lipinski definition) is 4. The highest BCUT2D eigenvalue weighted by molar-refractivity contribution is 5.36. The summed E-state index contributed by atoms with van der Waals surface area (Å²) in [5, 5.41) is 0. The third-order valence-corrected chi connectivity index (χ3v) is 4.55. The molecule has 0 unspecified atom stereocenters. The summed E-state index contributed by atoms with van der Waals surface area (Å²) in [6, 6.07) is 0. The lowest BCUT2D eigenvalue weighted by atomic mass is 9.83. The molecule has 1 saturated carbocycles. The van der Waals surface area contributed by atoms with Crippen LogP contribution in [0.5, 0.6) is 0 Å². The van der Waals surface area contributed by atoms with Gasteiger partial charge >= 0.3 is 0 Å². The summed E-state index contributed by atoms with van der Waals surface area (Å²) in [4.78, 5) is 15.2. The van der Waals surface area contributed by atoms with Crippen molar-refractivity contribution in [3.63, 3.8) is 0 Å². The molecule has 1 aliphatic carbocycles. The van der Waals surface area contributed by atoms with Crippen molar-refractivity contribution in [2.75, 3.05) is 26.5 Å². The number of rotatable bonds is 4. The van der Waals surface area contributed by atoms with E-state index in [2.05, 4.69) is 16.7 Å². The lowest BCUT2D eigenvalue weighted by Crippen LogP contribution is -2.46. The maximum absolute atomic E-state index is 10.3. The number of ether oxygens (including phenoxy) is 1. The minimum atomic E-state index is 0.349. The molecule has 1 heterocycles. The molecule has 1 aliphatic heterocycles. The molecule has 0 aromatic carbocycles. The predicted molar refractivity (Wildman–Crippen MR) is 71.0 cm³/mol. The highest BCUT2D eigenvalue weighted by atomic mass is 16.5. The molecule has 0 bridgehead atoms. The topological polar surface area (TPSA) is 32.8 Å². The zero-order valence-electron chi connectivity index (χ0n) is 11.6. The second-order valence-electron chi connectivity index (χ2n) is 5.71. The summed E-state index contributed by atoms with van der Waals surface area (Å²) >= 11 is 0. The standard InChI is InChI=1S/C14H26N2O2/c1-2-16-11-15(12-18-13-17)10-14(16)8-6-4-3-5-7-9-14/h13H,2-12H2,1H3. The van der Waals surface area contributed by atoms with Crippen molar-refractivity contribution in [1.29, 1.82) is 0 Å². The van der Waals surface area contributed by atoms with E-state index in [0.717, 1.165) is 19.8 Å². The number of likely N-dealkylation sites (N-methyl/N-ethyl adjacent to an activating group) is 1. The molecule has 0 aromatic rings. The molecule has 2 fully saturated rings. The van der Waals surface area contributed by atoms with Gasteiger partial charge < -0.3 is 4.74 Å². The van der Waals surface area contributed by atoms with Crippen LogP contribution in [0.2, 0.25) is 0 Å². The van der Waals surface area contributed by atoms with E-state index in [0.29, 0.717) is 18.7 Å². The number of carbonyl (C=O) groups is 1. The first kappa shape index (κ1) is 13.8. The molecule has 0 atom stereocenters. The third-order valence-electron chi connectivity index (χ3n) is 4.55. The molecule has 1 spiro atoms. The van der Waals surface area contributed by atoms with Crippen LogP contribution in [-0.2, 0) is 9.53 Å². The molecule has 4 nitrogen and oxygen atoms in total. The Hall–Kier alpha value is -0.610. The average molecular weight is 254 g/mol. The van der Waals surface area contributed by atoms with Gasteiger partial charge in [-0.2, -0.15) is 0 Å². The summed E-state index contributed by atoms with van der Waals surface area (Å²) in [5.74, 6) is 0. The molecule has 0 N–H and O–H groups in total. The maximum atomic E-state index is 10.3. The predicted octanol–water partition coefficient (Wildman–Crippen LogP) is 2.19. The van der Waals surface area contributed by atoms with Gasteiger partial charge in [-0.15, -0.1) is 0 Å². The first-order valence-electron chi connectivity index (χ1n) is 7.33. The lowest BCUT2D eigenvalue weighted by molar-refractivity contribution is -0.132. The first-order valence-corrected chi connectivity index (χ1v) is 7.33. The quantitative estimate of drug-likeness (QED) is 0.720. The van der Waals surface area contributed by atoms with Crippen molar-refractivity contribution >= 4 is 6.47 Å². The van der Waals surface area contributed by atoms with Crippen molar-refractivity contribution in [2.24, 2.45) is 0 Å². The zero-order chi connectivity index (χ0) is 12.8. The van der Waals surface area contributed by atoms with E-state index in [9.17, 15) is 4.79 Å². The Kier molecular flexibility index (Phi) is 5.01. The molecule has 1 saturated heterocycles. The second-order valence-corrected chi connectivity index (χ2v) is 5.71. The minimum Gasteiger partial charge on any atom is -0.452 e. The summed E-state index contributed by atoms with van der Waals surface area (Å²) in [5.41, 5.74) is 0.349.